The molecule has 1 heterocycles. The van der Waals surface area contributed by atoms with Crippen molar-refractivity contribution in [1.29, 1.82) is 0 Å². The van der Waals surface area contributed by atoms with Crippen molar-refractivity contribution in [3.8, 4) is 11.1 Å². The van der Waals surface area contributed by atoms with E-state index in [0.717, 1.165) is 38.8 Å². The van der Waals surface area contributed by atoms with E-state index in [1.54, 1.807) is 0 Å². The fraction of sp³-hybridized carbons (Fsp3) is 0.269. The lowest BCUT2D eigenvalue weighted by Crippen LogP contribution is -2.29. The summed E-state index contributed by atoms with van der Waals surface area (Å²) in [4.78, 5) is 15.4. The lowest BCUT2D eigenvalue weighted by atomic mass is 9.84. The summed E-state index contributed by atoms with van der Waals surface area (Å²) in [6.45, 7) is 10.8. The third kappa shape index (κ3) is 3.83. The van der Waals surface area contributed by atoms with Gasteiger partial charge in [0.25, 0.3) is 0 Å². The van der Waals surface area contributed by atoms with Gasteiger partial charge in [0.15, 0.2) is 0 Å². The summed E-state index contributed by atoms with van der Waals surface area (Å²) in [5, 5.41) is 3.44. The molecule has 0 saturated heterocycles. The monoisotopic (exact) mass is 415 g/mol. The maximum atomic E-state index is 11.8. The Balaban J connectivity index is 2.10. The van der Waals surface area contributed by atoms with Crippen molar-refractivity contribution in [3.63, 3.8) is 0 Å². The molecule has 4 rings (SSSR count). The highest BCUT2D eigenvalue weighted by Gasteiger charge is 2.26. The Morgan fingerprint density at radius 1 is 0.903 bits per heavy atom. The average Bonchev–Trinajstić information content (AvgIpc) is 3.10. The van der Waals surface area contributed by atoms with Crippen molar-refractivity contribution < 1.29 is 9.53 Å². The van der Waals surface area contributed by atoms with E-state index in [9.17, 15) is 4.79 Å². The van der Waals surface area contributed by atoms with Crippen LogP contribution < -0.4 is 10.9 Å². The number of amides is 1. The smallest absolute Gasteiger partial charge is 0.425 e. The largest absolute Gasteiger partial charge is 0.452 e. The number of methoxy groups -OCH3 is 1. The zero-order valence-corrected chi connectivity index (χ0v) is 18.9. The number of aromatic nitrogens is 1. The van der Waals surface area contributed by atoms with Crippen LogP contribution >= 0.6 is 0 Å². The zero-order valence-electron chi connectivity index (χ0n) is 18.9. The highest BCUT2D eigenvalue weighted by atomic mass is 16.5. The van der Waals surface area contributed by atoms with E-state index in [-0.39, 0.29) is 5.41 Å². The zero-order chi connectivity index (χ0) is 22.3. The number of H-pyrrole nitrogens is 1. The predicted molar refractivity (Wildman–Crippen MR) is 129 cm³/mol. The number of fused-ring (bicyclic) bond motifs is 2. The molecule has 1 amide bonds. The van der Waals surface area contributed by atoms with Crippen LogP contribution in [0.25, 0.3) is 32.8 Å². The van der Waals surface area contributed by atoms with Gasteiger partial charge in [0.05, 0.1) is 12.8 Å². The third-order valence-electron chi connectivity index (χ3n) is 5.61. The Bertz CT molecular complexity index is 1300. The van der Waals surface area contributed by atoms with Crippen LogP contribution in [0.15, 0.2) is 48.5 Å². The van der Waals surface area contributed by atoms with E-state index < -0.39 is 6.09 Å². The molecule has 5 nitrogen and oxygen atoms in total. The normalized spacial score (nSPS) is 11.7. The van der Waals surface area contributed by atoms with Gasteiger partial charge in [-0.25, -0.2) is 10.2 Å². The van der Waals surface area contributed by atoms with Crippen LogP contribution in [0.2, 0.25) is 0 Å². The number of anilines is 1. The number of ether oxygens (including phenoxy) is 1. The summed E-state index contributed by atoms with van der Waals surface area (Å²) in [5.41, 5.74) is 13.3. The van der Waals surface area contributed by atoms with Crippen molar-refractivity contribution in [3.05, 3.63) is 65.4 Å². The topological polar surface area (TPSA) is 66.2 Å². The molecule has 0 aliphatic carbocycles. The molecule has 0 atom stereocenters. The van der Waals surface area contributed by atoms with Crippen molar-refractivity contribution in [1.82, 2.24) is 10.4 Å². The molecule has 1 aromatic heterocycles. The number of hydrogen-bond donors (Lipinski definition) is 3. The van der Waals surface area contributed by atoms with Crippen LogP contribution in [0.4, 0.5) is 10.5 Å². The second-order valence-corrected chi connectivity index (χ2v) is 9.13. The van der Waals surface area contributed by atoms with Crippen LogP contribution in [0, 0.1) is 13.8 Å². The van der Waals surface area contributed by atoms with E-state index in [1.165, 1.54) is 23.6 Å². The first-order valence-electron chi connectivity index (χ1n) is 10.5. The Morgan fingerprint density at radius 2 is 1.61 bits per heavy atom. The Kier molecular flexibility index (Phi) is 5.13. The van der Waals surface area contributed by atoms with Crippen molar-refractivity contribution in [2.24, 2.45) is 0 Å². The van der Waals surface area contributed by atoms with Crippen LogP contribution in [0.5, 0.6) is 0 Å². The minimum atomic E-state index is -0.541. The van der Waals surface area contributed by atoms with Crippen molar-refractivity contribution in [2.75, 3.05) is 12.5 Å². The number of carbonyl (C=O) groups is 1. The minimum absolute atomic E-state index is 0.109. The summed E-state index contributed by atoms with van der Waals surface area (Å²) in [7, 11) is 1.35. The molecular weight excluding hydrogens is 386 g/mol. The summed E-state index contributed by atoms with van der Waals surface area (Å²) >= 11 is 0. The first kappa shape index (κ1) is 20.8. The molecule has 3 N–H and O–H groups in total. The second kappa shape index (κ2) is 7.65. The number of hydrazine groups is 1. The van der Waals surface area contributed by atoms with Gasteiger partial charge < -0.3 is 9.72 Å². The molecule has 160 valence electrons. The van der Waals surface area contributed by atoms with Crippen molar-refractivity contribution in [2.45, 2.75) is 40.0 Å². The SMILES string of the molecule is COC(=O)NNc1ccc2cc(C)ccc2c1-c1c(C(C)(C)C)[nH]c2ccc(C)cc12. The molecule has 0 fully saturated rings. The standard InChI is InChI=1S/C26H29N3O2/c1-15-7-10-18-17(13-15)9-12-21(28-29-25(30)31-6)22(18)23-19-14-16(2)8-11-20(19)27-24(23)26(3,4)5/h7-14,27-28H,1-6H3,(H,29,30). The van der Waals surface area contributed by atoms with Gasteiger partial charge in [-0.3, -0.25) is 5.43 Å². The van der Waals surface area contributed by atoms with Gasteiger partial charge in [-0.15, -0.1) is 0 Å². The molecular formula is C26H29N3O2. The van der Waals surface area contributed by atoms with Crippen LogP contribution in [0.1, 0.15) is 37.6 Å². The Hall–Kier alpha value is -3.47. The van der Waals surface area contributed by atoms with Crippen LogP contribution in [-0.4, -0.2) is 18.2 Å². The van der Waals surface area contributed by atoms with Gasteiger partial charge in [0, 0.05) is 33.1 Å². The number of rotatable bonds is 3. The first-order valence-corrected chi connectivity index (χ1v) is 10.5. The highest BCUT2D eigenvalue weighted by molar-refractivity contribution is 6.11. The Morgan fingerprint density at radius 3 is 2.32 bits per heavy atom. The fourth-order valence-corrected chi connectivity index (χ4v) is 4.12. The van der Waals surface area contributed by atoms with Gasteiger partial charge in [0.1, 0.15) is 0 Å². The number of aromatic amines is 1. The number of aryl methyl sites for hydroxylation is 2. The lowest BCUT2D eigenvalue weighted by molar-refractivity contribution is 0.173. The molecule has 0 bridgehead atoms. The molecule has 3 aromatic carbocycles. The number of benzene rings is 3. The van der Waals surface area contributed by atoms with E-state index in [0.29, 0.717) is 0 Å². The van der Waals surface area contributed by atoms with E-state index in [2.05, 4.69) is 92.9 Å². The number of carbonyl (C=O) groups excluding carboxylic acids is 1. The van der Waals surface area contributed by atoms with Crippen LogP contribution in [0.3, 0.4) is 0 Å². The highest BCUT2D eigenvalue weighted by Crippen LogP contribution is 2.45. The maximum Gasteiger partial charge on any atom is 0.425 e. The summed E-state index contributed by atoms with van der Waals surface area (Å²) in [5.74, 6) is 0. The summed E-state index contributed by atoms with van der Waals surface area (Å²) < 4.78 is 4.75. The molecule has 0 aliphatic rings. The fourth-order valence-electron chi connectivity index (χ4n) is 4.12. The second-order valence-electron chi connectivity index (χ2n) is 9.13. The van der Waals surface area contributed by atoms with E-state index >= 15 is 0 Å². The summed E-state index contributed by atoms with van der Waals surface area (Å²) in [6, 6.07) is 17.0. The lowest BCUT2D eigenvalue weighted by Gasteiger charge is -2.22. The first-order chi connectivity index (χ1) is 14.7. The quantitative estimate of drug-likeness (QED) is 0.331. The molecule has 4 aromatic rings. The molecule has 0 aliphatic heterocycles. The van der Waals surface area contributed by atoms with Crippen LogP contribution in [-0.2, 0) is 10.2 Å². The molecule has 31 heavy (non-hydrogen) atoms. The molecule has 0 unspecified atom stereocenters. The summed E-state index contributed by atoms with van der Waals surface area (Å²) in [6.07, 6.45) is -0.541. The third-order valence-corrected chi connectivity index (χ3v) is 5.61. The maximum absolute atomic E-state index is 11.8. The van der Waals surface area contributed by atoms with Gasteiger partial charge in [0.2, 0.25) is 0 Å². The Labute approximate surface area is 182 Å². The van der Waals surface area contributed by atoms with E-state index in [1.807, 2.05) is 6.07 Å². The van der Waals surface area contributed by atoms with Crippen molar-refractivity contribution >= 4 is 33.5 Å². The van der Waals surface area contributed by atoms with Gasteiger partial charge >= 0.3 is 6.09 Å². The molecule has 0 radical (unpaired) electrons. The molecule has 5 heteroatoms. The molecule has 0 spiro atoms. The molecule has 0 saturated carbocycles. The van der Waals surface area contributed by atoms with E-state index in [4.69, 9.17) is 4.74 Å². The van der Waals surface area contributed by atoms with Gasteiger partial charge in [-0.2, -0.15) is 0 Å². The minimum Gasteiger partial charge on any atom is -0.452 e. The predicted octanol–water partition coefficient (Wildman–Crippen LogP) is 6.59. The number of nitrogens with one attached hydrogen (secondary N) is 3. The van der Waals surface area contributed by atoms with Gasteiger partial charge in [-0.1, -0.05) is 62.2 Å². The number of hydrogen-bond acceptors (Lipinski definition) is 3. The average molecular weight is 416 g/mol. The van der Waals surface area contributed by atoms with Gasteiger partial charge in [-0.05, 0) is 42.8 Å².